The lowest BCUT2D eigenvalue weighted by molar-refractivity contribution is -0.141. The molecule has 2 aliphatic rings. The minimum absolute atomic E-state index is 0.0871. The number of esters is 1. The van der Waals surface area contributed by atoms with Crippen LogP contribution in [0.4, 0.5) is 14.6 Å². The zero-order valence-electron chi connectivity index (χ0n) is 18.4. The Morgan fingerprint density at radius 1 is 1.31 bits per heavy atom. The second kappa shape index (κ2) is 9.63. The molecule has 1 aromatic heterocycles. The second-order valence-corrected chi connectivity index (χ2v) is 9.72. The van der Waals surface area contributed by atoms with E-state index in [1.807, 2.05) is 6.92 Å². The van der Waals surface area contributed by atoms with Gasteiger partial charge in [-0.1, -0.05) is 17.7 Å². The van der Waals surface area contributed by atoms with Crippen molar-refractivity contribution in [3.8, 4) is 5.75 Å². The molecule has 15 heteroatoms. The van der Waals surface area contributed by atoms with Crippen LogP contribution in [0.2, 0.25) is 0 Å². The van der Waals surface area contributed by atoms with Gasteiger partial charge >= 0.3 is 25.3 Å². The number of benzene rings is 1. The van der Waals surface area contributed by atoms with Gasteiger partial charge in [0.25, 0.3) is 0 Å². The van der Waals surface area contributed by atoms with Gasteiger partial charge in [-0.2, -0.15) is 18.9 Å². The zero-order chi connectivity index (χ0) is 25.4. The Kier molecular flexibility index (Phi) is 6.93. The lowest BCUT2D eigenvalue weighted by atomic mass is 10.1. The summed E-state index contributed by atoms with van der Waals surface area (Å²) < 4.78 is 64.3. The highest BCUT2D eigenvalue weighted by Gasteiger charge is 2.60. The molecular weight excluding hydrogens is 493 g/mol. The number of halogens is 2. The molecule has 0 radical (unpaired) electrons. The summed E-state index contributed by atoms with van der Waals surface area (Å²) >= 11 is 0. The van der Waals surface area contributed by atoms with Gasteiger partial charge in [0.15, 0.2) is 6.10 Å². The molecule has 2 aliphatic heterocycles. The summed E-state index contributed by atoms with van der Waals surface area (Å²) in [5.41, 5.74) is 5.16. The van der Waals surface area contributed by atoms with Gasteiger partial charge in [-0.05, 0) is 25.1 Å². The lowest BCUT2D eigenvalue weighted by Crippen LogP contribution is -2.42. The monoisotopic (exact) mass is 516 g/mol. The maximum absolute atomic E-state index is 14.8. The Labute approximate surface area is 197 Å². The summed E-state index contributed by atoms with van der Waals surface area (Å²) in [6.07, 6.45) is -5.23. The molecule has 190 valence electrons. The molecule has 35 heavy (non-hydrogen) atoms. The maximum Gasteiger partial charge on any atom is 0.459 e. The molecule has 5 atom stereocenters. The molecule has 0 spiro atoms. The number of cyclic esters (lactones) is 1. The normalized spacial score (nSPS) is 27.4. The number of carbonyl (C=O) groups excluding carboxylic acids is 1. The summed E-state index contributed by atoms with van der Waals surface area (Å²) in [5, 5.41) is 12.7. The first-order valence-electron chi connectivity index (χ1n) is 10.5. The number of nitrogens with two attached hydrogens (primary N) is 1. The smallest absolute Gasteiger partial charge is 0.459 e. The largest absolute Gasteiger partial charge is 0.464 e. The third-order valence-corrected chi connectivity index (χ3v) is 6.96. The van der Waals surface area contributed by atoms with Crippen molar-refractivity contribution in [1.82, 2.24) is 14.6 Å². The number of hydrogen-bond donors (Lipinski definition) is 3. The molecule has 0 aliphatic carbocycles. The third kappa shape index (κ3) is 5.36. The SMILES string of the molecule is Cc1ccc(OP(=O)(N[C@H]2CCOC2=O)OC[C@H]2O[C@@H](n3ccc(N)nc3=O)C(F)(F)[C@@H]2O)cc1. The number of nitrogen functional groups attached to an aromatic ring is 1. The molecule has 2 saturated heterocycles. The van der Waals surface area contributed by atoms with Gasteiger partial charge in [-0.25, -0.2) is 9.36 Å². The van der Waals surface area contributed by atoms with E-state index in [4.69, 9.17) is 24.3 Å². The predicted octanol–water partition coefficient (Wildman–Crippen LogP) is 1.14. The molecular formula is C20H23F2N4O8P. The standard InChI is InChI=1S/C20H23F2N4O8P/c1-11-2-4-12(5-3-11)34-35(30,25-13-7-9-31-17(13)28)32-10-14-16(27)20(21,22)18(33-14)26-8-6-15(23)24-19(26)29/h2-6,8,13-14,16,18,27H,7,9-10H2,1H3,(H,25,30)(H2,23,24,29)/t13-,14+,16+,18+,35?/m0/s1. The highest BCUT2D eigenvalue weighted by atomic mass is 31.2. The quantitative estimate of drug-likeness (QED) is 0.340. The first-order valence-corrected chi connectivity index (χ1v) is 12.0. The molecule has 4 N–H and O–H groups in total. The van der Waals surface area contributed by atoms with E-state index < -0.39 is 56.4 Å². The molecule has 0 amide bonds. The average molecular weight is 516 g/mol. The van der Waals surface area contributed by atoms with Crippen LogP contribution in [-0.2, 0) is 23.4 Å². The van der Waals surface area contributed by atoms with Crippen molar-refractivity contribution >= 4 is 19.5 Å². The second-order valence-electron chi connectivity index (χ2n) is 8.02. The number of ether oxygens (including phenoxy) is 2. The fraction of sp³-hybridized carbons (Fsp3) is 0.450. The Balaban J connectivity index is 1.53. The van der Waals surface area contributed by atoms with Crippen LogP contribution in [0.1, 0.15) is 18.2 Å². The molecule has 2 aromatic rings. The van der Waals surface area contributed by atoms with Crippen molar-refractivity contribution in [3.05, 3.63) is 52.6 Å². The molecule has 3 heterocycles. The van der Waals surface area contributed by atoms with E-state index in [0.717, 1.165) is 17.8 Å². The van der Waals surface area contributed by atoms with Crippen LogP contribution in [0.15, 0.2) is 41.3 Å². The minimum atomic E-state index is -4.36. The van der Waals surface area contributed by atoms with Gasteiger partial charge in [0.05, 0.1) is 13.2 Å². The predicted molar refractivity (Wildman–Crippen MR) is 116 cm³/mol. The van der Waals surface area contributed by atoms with Crippen molar-refractivity contribution in [2.75, 3.05) is 18.9 Å². The molecule has 0 bridgehead atoms. The fourth-order valence-electron chi connectivity index (χ4n) is 3.51. The van der Waals surface area contributed by atoms with Crippen LogP contribution in [0, 0.1) is 6.92 Å². The van der Waals surface area contributed by atoms with Gasteiger partial charge in [-0.3, -0.25) is 13.9 Å². The van der Waals surface area contributed by atoms with Crippen LogP contribution in [-0.4, -0.2) is 58.0 Å². The Hall–Kier alpha value is -2.90. The van der Waals surface area contributed by atoms with Gasteiger partial charge in [0.2, 0.25) is 6.23 Å². The molecule has 2 fully saturated rings. The van der Waals surface area contributed by atoms with E-state index in [-0.39, 0.29) is 24.6 Å². The average Bonchev–Trinajstić information content (AvgIpc) is 3.29. The van der Waals surface area contributed by atoms with Gasteiger partial charge in [0.1, 0.15) is 23.7 Å². The lowest BCUT2D eigenvalue weighted by Gasteiger charge is -2.24. The molecule has 4 rings (SSSR count). The van der Waals surface area contributed by atoms with Crippen molar-refractivity contribution in [2.45, 2.75) is 43.7 Å². The summed E-state index contributed by atoms with van der Waals surface area (Å²) in [6, 6.07) is 6.46. The highest BCUT2D eigenvalue weighted by molar-refractivity contribution is 7.52. The highest BCUT2D eigenvalue weighted by Crippen LogP contribution is 2.48. The summed E-state index contributed by atoms with van der Waals surface area (Å²) in [4.78, 5) is 27.3. The first-order chi connectivity index (χ1) is 16.5. The molecule has 1 aromatic carbocycles. The van der Waals surface area contributed by atoms with Crippen molar-refractivity contribution in [2.24, 2.45) is 0 Å². The number of aromatic nitrogens is 2. The number of aliphatic hydroxyl groups is 1. The maximum atomic E-state index is 14.8. The third-order valence-electron chi connectivity index (χ3n) is 5.39. The van der Waals surface area contributed by atoms with Gasteiger partial charge < -0.3 is 24.8 Å². The van der Waals surface area contributed by atoms with Crippen molar-refractivity contribution in [1.29, 1.82) is 0 Å². The van der Waals surface area contributed by atoms with Crippen LogP contribution in [0.25, 0.3) is 0 Å². The number of alkyl halides is 2. The summed E-state index contributed by atoms with van der Waals surface area (Å²) in [6.45, 7) is 1.08. The van der Waals surface area contributed by atoms with Gasteiger partial charge in [-0.15, -0.1) is 0 Å². The number of nitrogens with zero attached hydrogens (tertiary/aromatic N) is 2. The number of rotatable bonds is 8. The number of carbonyl (C=O) groups is 1. The van der Waals surface area contributed by atoms with E-state index in [9.17, 15) is 28.0 Å². The van der Waals surface area contributed by atoms with E-state index in [2.05, 4.69) is 10.1 Å². The van der Waals surface area contributed by atoms with Crippen molar-refractivity contribution < 1.29 is 41.8 Å². The minimum Gasteiger partial charge on any atom is -0.464 e. The van der Waals surface area contributed by atoms with Crippen LogP contribution in [0.5, 0.6) is 5.75 Å². The Morgan fingerprint density at radius 2 is 2.03 bits per heavy atom. The van der Waals surface area contributed by atoms with Crippen LogP contribution in [0.3, 0.4) is 0 Å². The summed E-state index contributed by atoms with van der Waals surface area (Å²) in [7, 11) is -4.36. The van der Waals surface area contributed by atoms with Crippen LogP contribution >= 0.6 is 7.75 Å². The zero-order valence-corrected chi connectivity index (χ0v) is 19.3. The van der Waals surface area contributed by atoms with E-state index in [1.165, 1.54) is 12.1 Å². The number of nitrogens with one attached hydrogen (secondary N) is 1. The number of aryl methyl sites for hydroxylation is 1. The van der Waals surface area contributed by atoms with Gasteiger partial charge in [0, 0.05) is 12.6 Å². The molecule has 0 saturated carbocycles. The molecule has 1 unspecified atom stereocenters. The fourth-order valence-corrected chi connectivity index (χ4v) is 5.05. The van der Waals surface area contributed by atoms with E-state index in [0.29, 0.717) is 4.57 Å². The Morgan fingerprint density at radius 3 is 2.66 bits per heavy atom. The van der Waals surface area contributed by atoms with E-state index >= 15 is 0 Å². The van der Waals surface area contributed by atoms with E-state index in [1.54, 1.807) is 12.1 Å². The summed E-state index contributed by atoms with van der Waals surface area (Å²) in [5.74, 6) is -4.67. The topological polar surface area (TPSA) is 164 Å². The number of anilines is 1. The molecule has 12 nitrogen and oxygen atoms in total. The van der Waals surface area contributed by atoms with Crippen molar-refractivity contribution in [3.63, 3.8) is 0 Å². The Bertz CT molecular complexity index is 1190. The number of aliphatic hydroxyl groups excluding tert-OH is 1. The first kappa shape index (κ1) is 25.2. The number of hydrogen-bond acceptors (Lipinski definition) is 10. The van der Waals surface area contributed by atoms with Crippen LogP contribution < -0.4 is 21.0 Å².